The van der Waals surface area contributed by atoms with Crippen molar-refractivity contribution in [1.29, 1.82) is 0 Å². The minimum Gasteiger partial charge on any atom is -0.526 e. The Bertz CT molecular complexity index is 504. The predicted molar refractivity (Wildman–Crippen MR) is 69.8 cm³/mol. The van der Waals surface area contributed by atoms with Crippen LogP contribution in [0, 0.1) is 11.6 Å². The largest absolute Gasteiger partial charge is 0.658 e. The molecule has 0 aromatic heterocycles. The topological polar surface area (TPSA) is 18.5 Å². The molecular formula is C12H6BCl2F2O2. The third kappa shape index (κ3) is 4.30. The van der Waals surface area contributed by atoms with Gasteiger partial charge in [0.25, 0.3) is 0 Å². The molecule has 19 heavy (non-hydrogen) atoms. The zero-order valence-electron chi connectivity index (χ0n) is 9.37. The molecule has 0 N–H and O–H groups in total. The summed E-state index contributed by atoms with van der Waals surface area (Å²) >= 11 is 11.3. The Morgan fingerprint density at radius 3 is 1.53 bits per heavy atom. The zero-order valence-corrected chi connectivity index (χ0v) is 10.9. The maximum atomic E-state index is 13.0. The summed E-state index contributed by atoms with van der Waals surface area (Å²) in [6, 6.07) is 7.35. The van der Waals surface area contributed by atoms with Crippen molar-refractivity contribution in [3.8, 4) is 11.5 Å². The van der Waals surface area contributed by atoms with E-state index in [0.717, 1.165) is 32.0 Å². The highest BCUT2D eigenvalue weighted by atomic mass is 35.5. The van der Waals surface area contributed by atoms with E-state index in [1.165, 1.54) is 12.1 Å². The maximum Gasteiger partial charge on any atom is 0.658 e. The summed E-state index contributed by atoms with van der Waals surface area (Å²) in [7, 11) is 0.927. The van der Waals surface area contributed by atoms with Gasteiger partial charge in [0.2, 0.25) is 0 Å². The number of benzene rings is 2. The average molecular weight is 302 g/mol. The summed E-state index contributed by atoms with van der Waals surface area (Å²) in [4.78, 5) is 0. The molecule has 2 nitrogen and oxygen atoms in total. The lowest BCUT2D eigenvalue weighted by Gasteiger charge is -2.07. The lowest BCUT2D eigenvalue weighted by Crippen LogP contribution is -2.11. The summed E-state index contributed by atoms with van der Waals surface area (Å²) in [6.07, 6.45) is 0. The standard InChI is InChI=1S/C12H6BCl2F2O2/c14-7-1-9(16)5-11(3-7)18-13-19-12-4-8(15)2-10(17)6-12/h1-6H. The van der Waals surface area contributed by atoms with E-state index in [9.17, 15) is 8.78 Å². The van der Waals surface area contributed by atoms with E-state index in [2.05, 4.69) is 0 Å². The smallest absolute Gasteiger partial charge is 0.526 e. The summed E-state index contributed by atoms with van der Waals surface area (Å²) in [5.41, 5.74) is 0. The van der Waals surface area contributed by atoms with Gasteiger partial charge in [0.05, 0.1) is 0 Å². The van der Waals surface area contributed by atoms with Crippen LogP contribution in [0.15, 0.2) is 36.4 Å². The molecule has 2 rings (SSSR count). The minimum atomic E-state index is -0.537. The van der Waals surface area contributed by atoms with Gasteiger partial charge in [-0.25, -0.2) is 8.78 Å². The Morgan fingerprint density at radius 2 is 1.16 bits per heavy atom. The second-order valence-corrected chi connectivity index (χ2v) is 4.42. The van der Waals surface area contributed by atoms with E-state index in [4.69, 9.17) is 32.5 Å². The minimum absolute atomic E-state index is 0.160. The van der Waals surface area contributed by atoms with E-state index in [1.54, 1.807) is 0 Å². The van der Waals surface area contributed by atoms with Crippen molar-refractivity contribution in [2.45, 2.75) is 0 Å². The monoisotopic (exact) mass is 301 g/mol. The van der Waals surface area contributed by atoms with Gasteiger partial charge in [-0.2, -0.15) is 0 Å². The molecule has 2 aromatic carbocycles. The van der Waals surface area contributed by atoms with Gasteiger partial charge in [-0.1, -0.05) is 23.2 Å². The first-order valence-corrected chi connectivity index (χ1v) is 5.86. The molecule has 7 heteroatoms. The van der Waals surface area contributed by atoms with Gasteiger partial charge < -0.3 is 9.31 Å². The molecule has 1 radical (unpaired) electrons. The Morgan fingerprint density at radius 1 is 0.737 bits per heavy atom. The number of hydrogen-bond donors (Lipinski definition) is 0. The molecule has 0 aliphatic carbocycles. The van der Waals surface area contributed by atoms with Crippen LogP contribution in [0.5, 0.6) is 11.5 Å². The van der Waals surface area contributed by atoms with Crippen LogP contribution in [-0.4, -0.2) is 7.69 Å². The van der Waals surface area contributed by atoms with E-state index in [1.807, 2.05) is 0 Å². The second-order valence-electron chi connectivity index (χ2n) is 3.54. The predicted octanol–water partition coefficient (Wildman–Crippen LogP) is 4.26. The van der Waals surface area contributed by atoms with Crippen LogP contribution < -0.4 is 9.31 Å². The van der Waals surface area contributed by atoms with Gasteiger partial charge in [-0.15, -0.1) is 0 Å². The van der Waals surface area contributed by atoms with Crippen LogP contribution in [0.4, 0.5) is 8.78 Å². The van der Waals surface area contributed by atoms with Gasteiger partial charge in [-0.3, -0.25) is 0 Å². The van der Waals surface area contributed by atoms with Gasteiger partial charge >= 0.3 is 7.69 Å². The van der Waals surface area contributed by atoms with Crippen LogP contribution in [0.3, 0.4) is 0 Å². The van der Waals surface area contributed by atoms with Crippen LogP contribution in [0.25, 0.3) is 0 Å². The van der Waals surface area contributed by atoms with Gasteiger partial charge in [0, 0.05) is 22.2 Å². The molecule has 97 valence electrons. The average Bonchev–Trinajstić information content (AvgIpc) is 2.26. The normalized spacial score (nSPS) is 10.1. The molecule has 0 saturated heterocycles. The van der Waals surface area contributed by atoms with Crippen molar-refractivity contribution in [2.75, 3.05) is 0 Å². The summed E-state index contributed by atoms with van der Waals surface area (Å²) in [6.45, 7) is 0. The van der Waals surface area contributed by atoms with Crippen molar-refractivity contribution in [3.05, 3.63) is 58.1 Å². The molecule has 0 heterocycles. The first-order chi connectivity index (χ1) is 9.02. The maximum absolute atomic E-state index is 13.0. The van der Waals surface area contributed by atoms with Crippen molar-refractivity contribution in [1.82, 2.24) is 0 Å². The van der Waals surface area contributed by atoms with Crippen molar-refractivity contribution >= 4 is 30.9 Å². The Balaban J connectivity index is 1.96. The van der Waals surface area contributed by atoms with Crippen LogP contribution in [0.1, 0.15) is 0 Å². The van der Waals surface area contributed by atoms with E-state index in [-0.39, 0.29) is 21.5 Å². The zero-order chi connectivity index (χ0) is 13.8. The molecule has 0 aliphatic rings. The van der Waals surface area contributed by atoms with Crippen molar-refractivity contribution in [2.24, 2.45) is 0 Å². The molecule has 2 aromatic rings. The van der Waals surface area contributed by atoms with Crippen molar-refractivity contribution in [3.63, 3.8) is 0 Å². The Labute approximate surface area is 119 Å². The first-order valence-electron chi connectivity index (χ1n) is 5.10. The van der Waals surface area contributed by atoms with Crippen molar-refractivity contribution < 1.29 is 18.1 Å². The second kappa shape index (κ2) is 6.13. The Kier molecular flexibility index (Phi) is 4.50. The van der Waals surface area contributed by atoms with Gasteiger partial charge in [0.15, 0.2) is 0 Å². The van der Waals surface area contributed by atoms with Gasteiger partial charge in [0.1, 0.15) is 23.1 Å². The molecular weight excluding hydrogens is 296 g/mol. The summed E-state index contributed by atoms with van der Waals surface area (Å²) in [5, 5.41) is 0.384. The fourth-order valence-electron chi connectivity index (χ4n) is 1.33. The van der Waals surface area contributed by atoms with E-state index < -0.39 is 11.6 Å². The number of hydrogen-bond acceptors (Lipinski definition) is 2. The highest BCUT2D eigenvalue weighted by Crippen LogP contribution is 2.21. The molecule has 0 bridgehead atoms. The van der Waals surface area contributed by atoms with Crippen LogP contribution in [0.2, 0.25) is 10.0 Å². The third-order valence-electron chi connectivity index (χ3n) is 2.04. The van der Waals surface area contributed by atoms with Crippen LogP contribution in [-0.2, 0) is 0 Å². The highest BCUT2D eigenvalue weighted by molar-refractivity contribution is 6.31. The first kappa shape index (κ1) is 14.0. The SMILES string of the molecule is Fc1cc(Cl)cc(O[B]Oc2cc(F)cc(Cl)c2)c1. The molecule has 0 fully saturated rings. The van der Waals surface area contributed by atoms with E-state index in [0.29, 0.717) is 0 Å². The third-order valence-corrected chi connectivity index (χ3v) is 2.48. The molecule has 0 saturated carbocycles. The molecule has 0 atom stereocenters. The highest BCUT2D eigenvalue weighted by Gasteiger charge is 2.06. The van der Waals surface area contributed by atoms with Crippen LogP contribution >= 0.6 is 23.2 Å². The quantitative estimate of drug-likeness (QED) is 0.786. The summed E-state index contributed by atoms with van der Waals surface area (Å²) < 4.78 is 36.0. The molecule has 0 spiro atoms. The number of halogens is 4. The molecule has 0 aliphatic heterocycles. The fraction of sp³-hybridized carbons (Fsp3) is 0. The lowest BCUT2D eigenvalue weighted by molar-refractivity contribution is 0.454. The fourth-order valence-corrected chi connectivity index (χ4v) is 1.75. The molecule has 0 amide bonds. The summed E-state index contributed by atoms with van der Waals surface area (Å²) in [5.74, 6) is -0.755. The molecule has 0 unspecified atom stereocenters. The van der Waals surface area contributed by atoms with Gasteiger partial charge in [-0.05, 0) is 24.3 Å². The Hall–Kier alpha value is -1.46. The van der Waals surface area contributed by atoms with E-state index >= 15 is 0 Å². The number of rotatable bonds is 4. The lowest BCUT2D eigenvalue weighted by atomic mass is 10.3.